The van der Waals surface area contributed by atoms with Crippen LogP contribution in [0.2, 0.25) is 0 Å². The van der Waals surface area contributed by atoms with Gasteiger partial charge in [-0.1, -0.05) is 12.8 Å². The minimum Gasteiger partial charge on any atom is -0.481 e. The molecule has 1 aliphatic carbocycles. The topological polar surface area (TPSA) is 72.5 Å². The molecule has 3 N–H and O–H groups in total. The minimum absolute atomic E-state index is 0.113. The van der Waals surface area contributed by atoms with Crippen molar-refractivity contribution in [3.63, 3.8) is 0 Å². The normalized spacial score (nSPS) is 27.7. The van der Waals surface area contributed by atoms with Gasteiger partial charge in [-0.2, -0.15) is 0 Å². The average Bonchev–Trinajstić information content (AvgIpc) is 2.95. The van der Waals surface area contributed by atoms with Crippen LogP contribution in [0.4, 0.5) is 0 Å². The van der Waals surface area contributed by atoms with E-state index in [1.54, 1.807) is 0 Å². The number of ether oxygens (including phenoxy) is 1. The van der Waals surface area contributed by atoms with Crippen molar-refractivity contribution in [3.8, 4) is 0 Å². The summed E-state index contributed by atoms with van der Waals surface area (Å²) in [6.45, 7) is 0.569. The molecular formula is C14H25NO3. The SMILES string of the molecule is NCCCC(CC1CCC2(CCCC2)O1)C(=O)O. The third-order valence-corrected chi connectivity index (χ3v) is 4.51. The summed E-state index contributed by atoms with van der Waals surface area (Å²) in [5.41, 5.74) is 5.57. The van der Waals surface area contributed by atoms with Crippen molar-refractivity contribution in [2.75, 3.05) is 6.54 Å². The lowest BCUT2D eigenvalue weighted by Crippen LogP contribution is -2.27. The molecule has 1 saturated carbocycles. The zero-order valence-corrected chi connectivity index (χ0v) is 11.1. The Labute approximate surface area is 109 Å². The minimum atomic E-state index is -0.695. The van der Waals surface area contributed by atoms with Gasteiger partial charge in [-0.25, -0.2) is 0 Å². The third-order valence-electron chi connectivity index (χ3n) is 4.51. The van der Waals surface area contributed by atoms with E-state index in [-0.39, 0.29) is 17.6 Å². The number of carboxylic acids is 1. The molecule has 1 aliphatic heterocycles. The zero-order chi connectivity index (χ0) is 13.0. The molecule has 0 aromatic carbocycles. The smallest absolute Gasteiger partial charge is 0.306 e. The number of hydrogen-bond acceptors (Lipinski definition) is 3. The van der Waals surface area contributed by atoms with Gasteiger partial charge in [0, 0.05) is 0 Å². The van der Waals surface area contributed by atoms with Crippen LogP contribution in [-0.2, 0) is 9.53 Å². The highest BCUT2D eigenvalue weighted by molar-refractivity contribution is 5.69. The van der Waals surface area contributed by atoms with Crippen molar-refractivity contribution in [1.82, 2.24) is 0 Å². The molecule has 1 heterocycles. The Balaban J connectivity index is 1.83. The molecule has 0 aromatic heterocycles. The van der Waals surface area contributed by atoms with Gasteiger partial charge in [0.25, 0.3) is 0 Å². The van der Waals surface area contributed by atoms with Crippen LogP contribution in [0, 0.1) is 5.92 Å². The predicted molar refractivity (Wildman–Crippen MR) is 69.3 cm³/mol. The van der Waals surface area contributed by atoms with Gasteiger partial charge in [0.2, 0.25) is 0 Å². The molecule has 2 fully saturated rings. The van der Waals surface area contributed by atoms with Crippen LogP contribution in [0.3, 0.4) is 0 Å². The van der Waals surface area contributed by atoms with E-state index in [0.717, 1.165) is 19.3 Å². The average molecular weight is 255 g/mol. The Bertz CT molecular complexity index is 287. The van der Waals surface area contributed by atoms with Crippen LogP contribution in [0.25, 0.3) is 0 Å². The van der Waals surface area contributed by atoms with Crippen molar-refractivity contribution in [2.45, 2.75) is 69.5 Å². The first-order valence-electron chi connectivity index (χ1n) is 7.26. The molecule has 18 heavy (non-hydrogen) atoms. The van der Waals surface area contributed by atoms with Gasteiger partial charge in [-0.05, 0) is 51.5 Å². The van der Waals surface area contributed by atoms with E-state index >= 15 is 0 Å². The molecule has 104 valence electrons. The predicted octanol–water partition coefficient (Wildman–Crippen LogP) is 2.31. The van der Waals surface area contributed by atoms with E-state index in [9.17, 15) is 9.90 Å². The number of carboxylic acid groups (broad SMARTS) is 1. The Hall–Kier alpha value is -0.610. The number of rotatable bonds is 6. The molecule has 0 radical (unpaired) electrons. The number of aliphatic carboxylic acids is 1. The lowest BCUT2D eigenvalue weighted by molar-refractivity contribution is -0.144. The zero-order valence-electron chi connectivity index (χ0n) is 11.1. The first kappa shape index (κ1) is 13.8. The van der Waals surface area contributed by atoms with Crippen LogP contribution in [-0.4, -0.2) is 29.3 Å². The molecule has 4 nitrogen and oxygen atoms in total. The van der Waals surface area contributed by atoms with Gasteiger partial charge in [-0.3, -0.25) is 4.79 Å². The van der Waals surface area contributed by atoms with Gasteiger partial charge in [0.05, 0.1) is 17.6 Å². The summed E-state index contributed by atoms with van der Waals surface area (Å²) < 4.78 is 6.18. The number of nitrogens with two attached hydrogens (primary N) is 1. The molecule has 2 atom stereocenters. The van der Waals surface area contributed by atoms with Crippen LogP contribution >= 0.6 is 0 Å². The molecule has 4 heteroatoms. The largest absolute Gasteiger partial charge is 0.481 e. The maximum Gasteiger partial charge on any atom is 0.306 e. The molecule has 0 amide bonds. The highest BCUT2D eigenvalue weighted by Crippen LogP contribution is 2.44. The van der Waals surface area contributed by atoms with Gasteiger partial charge in [0.15, 0.2) is 0 Å². The fourth-order valence-electron chi connectivity index (χ4n) is 3.47. The summed E-state index contributed by atoms with van der Waals surface area (Å²) in [4.78, 5) is 11.2. The second-order valence-electron chi connectivity index (χ2n) is 5.87. The van der Waals surface area contributed by atoms with E-state index < -0.39 is 5.97 Å². The van der Waals surface area contributed by atoms with Gasteiger partial charge in [0.1, 0.15) is 0 Å². The highest BCUT2D eigenvalue weighted by Gasteiger charge is 2.42. The number of carbonyl (C=O) groups is 1. The molecule has 2 unspecified atom stereocenters. The molecule has 2 aliphatic rings. The Morgan fingerprint density at radius 3 is 2.72 bits per heavy atom. The first-order chi connectivity index (χ1) is 8.65. The van der Waals surface area contributed by atoms with E-state index in [2.05, 4.69) is 0 Å². The van der Waals surface area contributed by atoms with Crippen LogP contribution < -0.4 is 5.73 Å². The Morgan fingerprint density at radius 2 is 2.11 bits per heavy atom. The van der Waals surface area contributed by atoms with Crippen molar-refractivity contribution < 1.29 is 14.6 Å². The summed E-state index contributed by atoms with van der Waals surface area (Å²) >= 11 is 0. The monoisotopic (exact) mass is 255 g/mol. The highest BCUT2D eigenvalue weighted by atomic mass is 16.5. The third kappa shape index (κ3) is 3.23. The molecule has 0 aromatic rings. The second-order valence-corrected chi connectivity index (χ2v) is 5.87. The quantitative estimate of drug-likeness (QED) is 0.764. The lowest BCUT2D eigenvalue weighted by atomic mass is 9.94. The molecule has 2 rings (SSSR count). The molecule has 1 spiro atoms. The maximum atomic E-state index is 11.2. The summed E-state index contributed by atoms with van der Waals surface area (Å²) in [7, 11) is 0. The number of hydrogen-bond donors (Lipinski definition) is 2. The van der Waals surface area contributed by atoms with Gasteiger partial charge >= 0.3 is 5.97 Å². The van der Waals surface area contributed by atoms with E-state index in [4.69, 9.17) is 10.5 Å². The van der Waals surface area contributed by atoms with Crippen LogP contribution in [0.1, 0.15) is 57.8 Å². The standard InChI is InChI=1S/C14H25NO3/c15-9-3-4-11(13(16)17)10-12-5-8-14(18-12)6-1-2-7-14/h11-12H,1-10,15H2,(H,16,17). The van der Waals surface area contributed by atoms with Gasteiger partial charge < -0.3 is 15.6 Å². The fourth-order valence-corrected chi connectivity index (χ4v) is 3.47. The Kier molecular flexibility index (Phi) is 4.62. The summed E-state index contributed by atoms with van der Waals surface area (Å²) in [5.74, 6) is -0.977. The van der Waals surface area contributed by atoms with Crippen molar-refractivity contribution in [3.05, 3.63) is 0 Å². The first-order valence-corrected chi connectivity index (χ1v) is 7.26. The maximum absolute atomic E-state index is 11.2. The summed E-state index contributed by atoms with van der Waals surface area (Å²) in [6.07, 6.45) is 9.32. The van der Waals surface area contributed by atoms with Crippen LogP contribution in [0.5, 0.6) is 0 Å². The molecular weight excluding hydrogens is 230 g/mol. The molecule has 0 bridgehead atoms. The van der Waals surface area contributed by atoms with Crippen molar-refractivity contribution >= 4 is 5.97 Å². The lowest BCUT2D eigenvalue weighted by Gasteiger charge is -2.25. The van der Waals surface area contributed by atoms with Gasteiger partial charge in [-0.15, -0.1) is 0 Å². The summed E-state index contributed by atoms with van der Waals surface area (Å²) in [5, 5.41) is 9.22. The fraction of sp³-hybridized carbons (Fsp3) is 0.929. The van der Waals surface area contributed by atoms with Crippen molar-refractivity contribution in [1.29, 1.82) is 0 Å². The second kappa shape index (κ2) is 6.02. The molecule has 1 saturated heterocycles. The van der Waals surface area contributed by atoms with E-state index in [1.165, 1.54) is 25.7 Å². The Morgan fingerprint density at radius 1 is 1.39 bits per heavy atom. The summed E-state index contributed by atoms with van der Waals surface area (Å²) in [6, 6.07) is 0. The van der Waals surface area contributed by atoms with Crippen LogP contribution in [0.15, 0.2) is 0 Å². The van der Waals surface area contributed by atoms with Crippen molar-refractivity contribution in [2.24, 2.45) is 11.7 Å². The van der Waals surface area contributed by atoms with E-state index in [1.807, 2.05) is 0 Å². The van der Waals surface area contributed by atoms with E-state index in [0.29, 0.717) is 19.4 Å².